The molecule has 1 aromatic carbocycles. The van der Waals surface area contributed by atoms with E-state index in [-0.39, 0.29) is 28.3 Å². The lowest BCUT2D eigenvalue weighted by atomic mass is 10.1. The number of primary sulfonamides is 1. The fourth-order valence-electron chi connectivity index (χ4n) is 2.16. The Balaban J connectivity index is 2.52. The van der Waals surface area contributed by atoms with E-state index in [1.54, 1.807) is 6.92 Å². The van der Waals surface area contributed by atoms with Gasteiger partial charge in [0.1, 0.15) is 11.6 Å². The molecule has 0 spiro atoms. The number of nitrogens with zero attached hydrogens (tertiary/aromatic N) is 4. The summed E-state index contributed by atoms with van der Waals surface area (Å²) < 4.78 is 23.4. The molecule has 0 saturated carbocycles. The summed E-state index contributed by atoms with van der Waals surface area (Å²) >= 11 is 0. The molecule has 0 radical (unpaired) electrons. The molecule has 0 amide bonds. The summed E-state index contributed by atoms with van der Waals surface area (Å²) in [7, 11) is -3.81. The van der Waals surface area contributed by atoms with E-state index in [0.29, 0.717) is 5.69 Å². The predicted molar refractivity (Wildman–Crippen MR) is 89.5 cm³/mol. The summed E-state index contributed by atoms with van der Waals surface area (Å²) in [5.74, 6) is -0.413. The second-order valence-corrected chi connectivity index (χ2v) is 6.63. The highest BCUT2D eigenvalue weighted by Gasteiger charge is 2.18. The van der Waals surface area contributed by atoms with Crippen LogP contribution in [-0.4, -0.2) is 18.1 Å². The van der Waals surface area contributed by atoms with Crippen LogP contribution in [0, 0.1) is 18.3 Å². The van der Waals surface area contributed by atoms with Gasteiger partial charge in [-0.2, -0.15) is 10.4 Å². The zero-order valence-electron chi connectivity index (χ0n) is 13.5. The van der Waals surface area contributed by atoms with Crippen LogP contribution < -0.4 is 10.7 Å². The number of hydrogen-bond acceptors (Lipinski definition) is 7. The Bertz CT molecular complexity index is 1050. The summed E-state index contributed by atoms with van der Waals surface area (Å²) in [6, 6.07) is 7.12. The third-order valence-corrected chi connectivity index (χ3v) is 4.45. The number of azo groups is 1. The van der Waals surface area contributed by atoms with Gasteiger partial charge >= 0.3 is 0 Å². The molecule has 0 aliphatic heterocycles. The van der Waals surface area contributed by atoms with Crippen molar-refractivity contribution in [2.75, 3.05) is 0 Å². The van der Waals surface area contributed by atoms with Crippen molar-refractivity contribution in [1.29, 1.82) is 5.26 Å². The Morgan fingerprint density at radius 1 is 1.28 bits per heavy atom. The molecule has 0 aliphatic rings. The number of aromatic hydroxyl groups is 1. The van der Waals surface area contributed by atoms with Crippen LogP contribution in [-0.2, 0) is 16.6 Å². The zero-order valence-corrected chi connectivity index (χ0v) is 14.3. The van der Waals surface area contributed by atoms with Crippen LogP contribution in [0.15, 0.2) is 44.2 Å². The number of nitrogens with two attached hydrogens (primary N) is 1. The Labute approximate surface area is 143 Å². The lowest BCUT2D eigenvalue weighted by Gasteiger charge is -2.10. The Hall–Kier alpha value is -3.03. The summed E-state index contributed by atoms with van der Waals surface area (Å²) in [5, 5.41) is 31.9. The highest BCUT2D eigenvalue weighted by Crippen LogP contribution is 2.26. The topological polar surface area (TPSA) is 151 Å². The molecular weight excluding hydrogens is 346 g/mol. The Morgan fingerprint density at radius 3 is 2.36 bits per heavy atom. The molecule has 3 N–H and O–H groups in total. The molecule has 10 heteroatoms. The van der Waals surface area contributed by atoms with Crippen LogP contribution in [0.4, 0.5) is 11.4 Å². The molecule has 0 aliphatic carbocycles. The molecule has 0 saturated heterocycles. The summed E-state index contributed by atoms with van der Waals surface area (Å²) in [6.45, 7) is 3.29. The molecule has 0 fully saturated rings. The maximum atomic E-state index is 12.4. The molecule has 9 nitrogen and oxygen atoms in total. The van der Waals surface area contributed by atoms with Crippen LogP contribution in [0.25, 0.3) is 0 Å². The minimum absolute atomic E-state index is 0.0556. The second kappa shape index (κ2) is 6.84. The zero-order chi connectivity index (χ0) is 18.8. The third kappa shape index (κ3) is 3.57. The second-order valence-electron chi connectivity index (χ2n) is 5.07. The molecule has 0 atom stereocenters. The van der Waals surface area contributed by atoms with E-state index in [4.69, 9.17) is 10.4 Å². The van der Waals surface area contributed by atoms with Crippen molar-refractivity contribution in [2.24, 2.45) is 15.4 Å². The van der Waals surface area contributed by atoms with E-state index in [1.165, 1.54) is 31.2 Å². The van der Waals surface area contributed by atoms with Crippen molar-refractivity contribution in [3.8, 4) is 11.9 Å². The highest BCUT2D eigenvalue weighted by molar-refractivity contribution is 7.89. The largest absolute Gasteiger partial charge is 0.493 e. The average molecular weight is 361 g/mol. The van der Waals surface area contributed by atoms with Crippen LogP contribution in [0.2, 0.25) is 0 Å². The number of aromatic nitrogens is 1. The number of hydrogen-bond donors (Lipinski definition) is 2. The quantitative estimate of drug-likeness (QED) is 0.796. The van der Waals surface area contributed by atoms with E-state index < -0.39 is 21.5 Å². The van der Waals surface area contributed by atoms with Gasteiger partial charge in [0, 0.05) is 12.1 Å². The number of pyridine rings is 1. The van der Waals surface area contributed by atoms with Gasteiger partial charge in [-0.05, 0) is 38.1 Å². The van der Waals surface area contributed by atoms with Gasteiger partial charge in [0.2, 0.25) is 15.9 Å². The fraction of sp³-hybridized carbons (Fsp3) is 0.200. The highest BCUT2D eigenvalue weighted by atomic mass is 32.2. The number of rotatable bonds is 4. The van der Waals surface area contributed by atoms with Gasteiger partial charge in [-0.1, -0.05) is 0 Å². The van der Waals surface area contributed by atoms with Gasteiger partial charge in [0.25, 0.3) is 5.56 Å². The summed E-state index contributed by atoms with van der Waals surface area (Å²) in [4.78, 5) is 12.3. The van der Waals surface area contributed by atoms with Crippen molar-refractivity contribution in [3.63, 3.8) is 0 Å². The van der Waals surface area contributed by atoms with E-state index in [0.717, 1.165) is 4.57 Å². The fourth-order valence-corrected chi connectivity index (χ4v) is 2.68. The predicted octanol–water partition coefficient (Wildman–Crippen LogP) is 1.82. The first-order valence-electron chi connectivity index (χ1n) is 7.11. The average Bonchev–Trinajstić information content (AvgIpc) is 2.55. The summed E-state index contributed by atoms with van der Waals surface area (Å²) in [5.41, 5.74) is -0.214. The monoisotopic (exact) mass is 361 g/mol. The molecule has 130 valence electrons. The molecule has 2 aromatic rings. The smallest absolute Gasteiger partial charge is 0.281 e. The maximum Gasteiger partial charge on any atom is 0.281 e. The standard InChI is InChI=1S/C15H15N5O4S/c1-3-20-14(21)12(8-16)9(2)13(15(20)22)19-18-10-4-6-11(7-5-10)25(17,23)24/h4-7,21H,3H2,1-2H3,(H2,17,23,24). The van der Waals surface area contributed by atoms with Gasteiger partial charge in [-0.15, -0.1) is 5.11 Å². The van der Waals surface area contributed by atoms with Gasteiger partial charge in [-0.3, -0.25) is 9.36 Å². The van der Waals surface area contributed by atoms with E-state index in [2.05, 4.69) is 10.2 Å². The van der Waals surface area contributed by atoms with Crippen LogP contribution >= 0.6 is 0 Å². The van der Waals surface area contributed by atoms with Gasteiger partial charge in [0.15, 0.2) is 5.69 Å². The van der Waals surface area contributed by atoms with E-state index in [1.807, 2.05) is 6.07 Å². The lowest BCUT2D eigenvalue weighted by Crippen LogP contribution is -2.20. The van der Waals surface area contributed by atoms with Crippen molar-refractivity contribution >= 4 is 21.4 Å². The normalized spacial score (nSPS) is 11.6. The van der Waals surface area contributed by atoms with Crippen molar-refractivity contribution in [1.82, 2.24) is 4.57 Å². The first kappa shape index (κ1) is 18.3. The van der Waals surface area contributed by atoms with E-state index in [9.17, 15) is 18.3 Å². The van der Waals surface area contributed by atoms with Gasteiger partial charge < -0.3 is 5.11 Å². The minimum Gasteiger partial charge on any atom is -0.493 e. The Kier molecular flexibility index (Phi) is 5.01. The maximum absolute atomic E-state index is 12.4. The Morgan fingerprint density at radius 2 is 1.88 bits per heavy atom. The molecule has 0 unspecified atom stereocenters. The molecule has 1 heterocycles. The molecular formula is C15H15N5O4S. The molecule has 25 heavy (non-hydrogen) atoms. The molecule has 0 bridgehead atoms. The van der Waals surface area contributed by atoms with Crippen LogP contribution in [0.3, 0.4) is 0 Å². The minimum atomic E-state index is -3.81. The number of sulfonamides is 1. The SMILES string of the molecule is CCn1c(O)c(C#N)c(C)c(N=Nc2ccc(S(N)(=O)=O)cc2)c1=O. The first-order valence-corrected chi connectivity index (χ1v) is 8.66. The first-order chi connectivity index (χ1) is 11.7. The number of benzene rings is 1. The van der Waals surface area contributed by atoms with E-state index >= 15 is 0 Å². The van der Waals surface area contributed by atoms with Crippen LogP contribution in [0.5, 0.6) is 5.88 Å². The van der Waals surface area contributed by atoms with Gasteiger partial charge in [-0.25, -0.2) is 13.6 Å². The van der Waals surface area contributed by atoms with Gasteiger partial charge in [0.05, 0.1) is 10.6 Å². The lowest BCUT2D eigenvalue weighted by molar-refractivity contribution is 0.409. The van der Waals surface area contributed by atoms with Crippen LogP contribution in [0.1, 0.15) is 18.1 Å². The summed E-state index contributed by atoms with van der Waals surface area (Å²) in [6.07, 6.45) is 0. The van der Waals surface area contributed by atoms with Crippen molar-refractivity contribution in [3.05, 3.63) is 45.7 Å². The van der Waals surface area contributed by atoms with Crippen molar-refractivity contribution < 1.29 is 13.5 Å². The third-order valence-electron chi connectivity index (χ3n) is 3.52. The molecule has 1 aromatic heterocycles. The molecule has 2 rings (SSSR count). The van der Waals surface area contributed by atoms with Crippen molar-refractivity contribution in [2.45, 2.75) is 25.3 Å². The number of nitriles is 1.